The molecule has 126 valence electrons. The third-order valence-electron chi connectivity index (χ3n) is 5.02. The minimum absolute atomic E-state index is 0.773. The number of rotatable bonds is 1. The largest absolute Gasteiger partial charge is 0.337 e. The van der Waals surface area contributed by atoms with Gasteiger partial charge in [0.2, 0.25) is 0 Å². The highest BCUT2D eigenvalue weighted by molar-refractivity contribution is 6.03. The number of nitrogens with zero attached hydrogens (tertiary/aromatic N) is 3. The van der Waals surface area contributed by atoms with Gasteiger partial charge in [-0.3, -0.25) is 4.98 Å². The lowest BCUT2D eigenvalue weighted by molar-refractivity contribution is 1.27. The van der Waals surface area contributed by atoms with Gasteiger partial charge < -0.3 is 4.98 Å². The van der Waals surface area contributed by atoms with Gasteiger partial charge in [-0.1, -0.05) is 48.5 Å². The number of aromatic nitrogens is 4. The molecule has 6 aromatic rings. The van der Waals surface area contributed by atoms with Crippen LogP contribution in [-0.4, -0.2) is 19.9 Å². The summed E-state index contributed by atoms with van der Waals surface area (Å²) in [5, 5.41) is 4.55. The molecule has 0 unspecified atom stereocenters. The van der Waals surface area contributed by atoms with Crippen LogP contribution in [0.4, 0.5) is 0 Å². The summed E-state index contributed by atoms with van der Waals surface area (Å²) >= 11 is 0. The molecular formula is C23H14N4. The number of hydrogen-bond acceptors (Lipinski definition) is 3. The number of H-pyrrole nitrogens is 1. The Hall–Kier alpha value is -3.79. The fourth-order valence-corrected chi connectivity index (χ4v) is 3.67. The number of aromatic amines is 1. The van der Waals surface area contributed by atoms with E-state index in [1.165, 1.54) is 10.8 Å². The first kappa shape index (κ1) is 14.4. The normalized spacial score (nSPS) is 11.7. The second-order valence-electron chi connectivity index (χ2n) is 6.71. The minimum atomic E-state index is 0.773. The molecule has 0 saturated carbocycles. The van der Waals surface area contributed by atoms with Crippen LogP contribution in [-0.2, 0) is 0 Å². The summed E-state index contributed by atoms with van der Waals surface area (Å²) in [6.45, 7) is 0. The fraction of sp³-hybridized carbons (Fsp3) is 0. The van der Waals surface area contributed by atoms with Gasteiger partial charge in [0.25, 0.3) is 0 Å². The zero-order chi connectivity index (χ0) is 17.8. The first-order chi connectivity index (χ1) is 13.3. The standard InChI is InChI=1S/C23H14N4/c1-2-5-17-13-20-19(12-16(17)4-1)26-23(27-20)18-10-9-15-8-7-14-6-3-11-24-21(14)22(15)25-18/h1-13H,(H,26,27). The Balaban J connectivity index is 1.60. The molecule has 4 nitrogen and oxygen atoms in total. The van der Waals surface area contributed by atoms with Crippen LogP contribution in [0.1, 0.15) is 0 Å². The summed E-state index contributed by atoms with van der Waals surface area (Å²) in [4.78, 5) is 17.6. The van der Waals surface area contributed by atoms with E-state index in [1.54, 1.807) is 0 Å². The molecule has 0 atom stereocenters. The van der Waals surface area contributed by atoms with Crippen LogP contribution in [0.25, 0.3) is 55.1 Å². The van der Waals surface area contributed by atoms with Crippen molar-refractivity contribution in [3.8, 4) is 11.5 Å². The number of hydrogen-bond donors (Lipinski definition) is 1. The van der Waals surface area contributed by atoms with Crippen LogP contribution < -0.4 is 0 Å². The lowest BCUT2D eigenvalue weighted by atomic mass is 10.1. The molecule has 27 heavy (non-hydrogen) atoms. The molecule has 3 heterocycles. The third kappa shape index (κ3) is 2.20. The quantitative estimate of drug-likeness (QED) is 0.401. The van der Waals surface area contributed by atoms with Gasteiger partial charge in [-0.15, -0.1) is 0 Å². The molecule has 0 spiro atoms. The zero-order valence-corrected chi connectivity index (χ0v) is 14.3. The molecule has 0 aliphatic carbocycles. The predicted octanol–water partition coefficient (Wildman–Crippen LogP) is 5.48. The van der Waals surface area contributed by atoms with Crippen LogP contribution in [0.3, 0.4) is 0 Å². The van der Waals surface area contributed by atoms with E-state index in [4.69, 9.17) is 9.97 Å². The molecule has 3 aromatic heterocycles. The van der Waals surface area contributed by atoms with E-state index < -0.39 is 0 Å². The molecule has 0 aliphatic heterocycles. The van der Waals surface area contributed by atoms with Crippen LogP contribution in [0.15, 0.2) is 79.0 Å². The van der Waals surface area contributed by atoms with E-state index in [1.807, 2.05) is 24.4 Å². The van der Waals surface area contributed by atoms with Gasteiger partial charge in [0.1, 0.15) is 5.69 Å². The van der Waals surface area contributed by atoms with Crippen molar-refractivity contribution in [2.45, 2.75) is 0 Å². The first-order valence-corrected chi connectivity index (χ1v) is 8.88. The summed E-state index contributed by atoms with van der Waals surface area (Å²) in [6, 6.07) is 24.8. The molecule has 0 radical (unpaired) electrons. The van der Waals surface area contributed by atoms with Crippen molar-refractivity contribution in [2.24, 2.45) is 0 Å². The van der Waals surface area contributed by atoms with Crippen molar-refractivity contribution in [2.75, 3.05) is 0 Å². The molecule has 0 fully saturated rings. The maximum atomic E-state index is 4.88. The monoisotopic (exact) mass is 346 g/mol. The van der Waals surface area contributed by atoms with Crippen LogP contribution in [0.5, 0.6) is 0 Å². The Morgan fingerprint density at radius 3 is 2.26 bits per heavy atom. The Bertz CT molecular complexity index is 1430. The first-order valence-electron chi connectivity index (χ1n) is 8.88. The van der Waals surface area contributed by atoms with Crippen molar-refractivity contribution in [3.63, 3.8) is 0 Å². The molecule has 3 aromatic carbocycles. The predicted molar refractivity (Wildman–Crippen MR) is 110 cm³/mol. The van der Waals surface area contributed by atoms with Crippen molar-refractivity contribution in [3.05, 3.63) is 79.0 Å². The Morgan fingerprint density at radius 2 is 1.37 bits per heavy atom. The molecule has 1 N–H and O–H groups in total. The molecule has 6 rings (SSSR count). The van der Waals surface area contributed by atoms with Crippen LogP contribution >= 0.6 is 0 Å². The van der Waals surface area contributed by atoms with Crippen molar-refractivity contribution in [1.29, 1.82) is 0 Å². The highest BCUT2D eigenvalue weighted by Gasteiger charge is 2.10. The topological polar surface area (TPSA) is 54.5 Å². The van der Waals surface area contributed by atoms with E-state index in [9.17, 15) is 0 Å². The molecule has 0 aliphatic rings. The van der Waals surface area contributed by atoms with Crippen LogP contribution in [0.2, 0.25) is 0 Å². The maximum absolute atomic E-state index is 4.88. The molecule has 4 heteroatoms. The van der Waals surface area contributed by atoms with E-state index in [-0.39, 0.29) is 0 Å². The SMILES string of the molecule is c1ccc2cc3[nH]c(-c4ccc5ccc6cccnc6c5n4)nc3cc2c1. The minimum Gasteiger partial charge on any atom is -0.337 e. The van der Waals surface area contributed by atoms with Gasteiger partial charge >= 0.3 is 0 Å². The number of imidazole rings is 1. The smallest absolute Gasteiger partial charge is 0.157 e. The van der Waals surface area contributed by atoms with E-state index in [0.29, 0.717) is 0 Å². The molecule has 0 amide bonds. The van der Waals surface area contributed by atoms with E-state index in [2.05, 4.69) is 64.6 Å². The van der Waals surface area contributed by atoms with Gasteiger partial charge in [-0.25, -0.2) is 9.97 Å². The highest BCUT2D eigenvalue weighted by atomic mass is 14.9. The summed E-state index contributed by atoms with van der Waals surface area (Å²) in [6.07, 6.45) is 1.81. The molecule has 0 saturated heterocycles. The molecular weight excluding hydrogens is 332 g/mol. The van der Waals surface area contributed by atoms with Gasteiger partial charge in [0.15, 0.2) is 5.82 Å². The van der Waals surface area contributed by atoms with Crippen molar-refractivity contribution >= 4 is 43.6 Å². The number of fused-ring (bicyclic) bond motifs is 5. The second-order valence-corrected chi connectivity index (χ2v) is 6.71. The zero-order valence-electron chi connectivity index (χ0n) is 14.3. The summed E-state index contributed by atoms with van der Waals surface area (Å²) in [5.74, 6) is 0.773. The van der Waals surface area contributed by atoms with E-state index >= 15 is 0 Å². The summed E-state index contributed by atoms with van der Waals surface area (Å²) in [7, 11) is 0. The highest BCUT2D eigenvalue weighted by Crippen LogP contribution is 2.27. The van der Waals surface area contributed by atoms with Gasteiger partial charge in [-0.2, -0.15) is 0 Å². The fourth-order valence-electron chi connectivity index (χ4n) is 3.67. The van der Waals surface area contributed by atoms with E-state index in [0.717, 1.165) is 44.4 Å². The van der Waals surface area contributed by atoms with Crippen molar-refractivity contribution < 1.29 is 0 Å². The molecule has 0 bridgehead atoms. The third-order valence-corrected chi connectivity index (χ3v) is 5.02. The van der Waals surface area contributed by atoms with Crippen molar-refractivity contribution in [1.82, 2.24) is 19.9 Å². The lowest BCUT2D eigenvalue weighted by Gasteiger charge is -2.04. The van der Waals surface area contributed by atoms with Gasteiger partial charge in [-0.05, 0) is 35.0 Å². The summed E-state index contributed by atoms with van der Waals surface area (Å²) < 4.78 is 0. The van der Waals surface area contributed by atoms with Gasteiger partial charge in [0.05, 0.1) is 22.1 Å². The Kier molecular flexibility index (Phi) is 2.85. The Labute approximate surface area is 154 Å². The van der Waals surface area contributed by atoms with Gasteiger partial charge in [0, 0.05) is 17.0 Å². The van der Waals surface area contributed by atoms with Crippen LogP contribution in [0, 0.1) is 0 Å². The summed E-state index contributed by atoms with van der Waals surface area (Å²) in [5.41, 5.74) is 4.60. The number of benzene rings is 3. The number of nitrogens with one attached hydrogen (secondary N) is 1. The second kappa shape index (κ2) is 5.35. The number of pyridine rings is 2. The Morgan fingerprint density at radius 1 is 0.630 bits per heavy atom. The average molecular weight is 346 g/mol. The lowest BCUT2D eigenvalue weighted by Crippen LogP contribution is -1.89. The maximum Gasteiger partial charge on any atom is 0.157 e. The average Bonchev–Trinajstić information content (AvgIpc) is 3.14.